The minimum atomic E-state index is 0.464. The Kier molecular flexibility index (Phi) is 3.90. The molecule has 3 rings (SSSR count). The molecular formula is C15H13Cl2N3. The van der Waals surface area contributed by atoms with E-state index in [9.17, 15) is 0 Å². The van der Waals surface area contributed by atoms with Crippen molar-refractivity contribution in [2.75, 3.05) is 5.43 Å². The van der Waals surface area contributed by atoms with Crippen LogP contribution in [0.25, 0.3) is 0 Å². The molecule has 1 aromatic heterocycles. The van der Waals surface area contributed by atoms with Crippen LogP contribution in [0.4, 0.5) is 5.82 Å². The van der Waals surface area contributed by atoms with Crippen molar-refractivity contribution in [3.05, 3.63) is 57.7 Å². The first kappa shape index (κ1) is 13.4. The Labute approximate surface area is 127 Å². The highest BCUT2D eigenvalue weighted by Crippen LogP contribution is 2.24. The lowest BCUT2D eigenvalue weighted by atomic mass is 9.90. The van der Waals surface area contributed by atoms with Crippen LogP contribution in [-0.2, 0) is 6.42 Å². The van der Waals surface area contributed by atoms with Gasteiger partial charge in [0.15, 0.2) is 5.82 Å². The molecule has 1 heterocycles. The zero-order valence-electron chi connectivity index (χ0n) is 10.7. The van der Waals surface area contributed by atoms with Crippen LogP contribution in [0.5, 0.6) is 0 Å². The van der Waals surface area contributed by atoms with E-state index in [2.05, 4.69) is 33.7 Å². The molecule has 5 heteroatoms. The van der Waals surface area contributed by atoms with E-state index in [-0.39, 0.29) is 0 Å². The monoisotopic (exact) mass is 305 g/mol. The molecule has 2 aromatic rings. The fourth-order valence-corrected chi connectivity index (χ4v) is 2.76. The minimum absolute atomic E-state index is 0.464. The lowest BCUT2D eigenvalue weighted by Crippen LogP contribution is -2.13. The van der Waals surface area contributed by atoms with Gasteiger partial charge in [0.05, 0.1) is 15.8 Å². The SMILES string of the molecule is Clc1cnc(N/N=C2/CCCc3ccccc32)c(Cl)c1. The number of benzene rings is 1. The van der Waals surface area contributed by atoms with Crippen molar-refractivity contribution in [1.29, 1.82) is 0 Å². The van der Waals surface area contributed by atoms with Crippen molar-refractivity contribution in [3.8, 4) is 0 Å². The van der Waals surface area contributed by atoms with Gasteiger partial charge in [-0.3, -0.25) is 5.43 Å². The number of aryl methyl sites for hydroxylation is 1. The van der Waals surface area contributed by atoms with Gasteiger partial charge in [0.25, 0.3) is 0 Å². The molecule has 3 nitrogen and oxygen atoms in total. The van der Waals surface area contributed by atoms with E-state index >= 15 is 0 Å². The maximum Gasteiger partial charge on any atom is 0.165 e. The van der Waals surface area contributed by atoms with Gasteiger partial charge in [0.1, 0.15) is 0 Å². The fourth-order valence-electron chi connectivity index (χ4n) is 2.33. The Hall–Kier alpha value is -1.58. The first-order valence-electron chi connectivity index (χ1n) is 6.46. The lowest BCUT2D eigenvalue weighted by Gasteiger charge is -2.17. The molecule has 0 saturated carbocycles. The molecule has 1 N–H and O–H groups in total. The third-order valence-corrected chi connectivity index (χ3v) is 3.79. The van der Waals surface area contributed by atoms with Crippen LogP contribution in [0.15, 0.2) is 41.6 Å². The molecule has 102 valence electrons. The molecule has 0 radical (unpaired) electrons. The number of nitrogens with one attached hydrogen (secondary N) is 1. The predicted molar refractivity (Wildman–Crippen MR) is 83.8 cm³/mol. The molecule has 20 heavy (non-hydrogen) atoms. The second kappa shape index (κ2) is 5.81. The molecule has 0 saturated heterocycles. The number of hydrogen-bond acceptors (Lipinski definition) is 3. The van der Waals surface area contributed by atoms with Gasteiger partial charge in [-0.2, -0.15) is 5.10 Å². The van der Waals surface area contributed by atoms with Crippen LogP contribution >= 0.6 is 23.2 Å². The number of pyridine rings is 1. The molecule has 0 amide bonds. The van der Waals surface area contributed by atoms with E-state index in [0.717, 1.165) is 25.0 Å². The number of fused-ring (bicyclic) bond motifs is 1. The van der Waals surface area contributed by atoms with Gasteiger partial charge in [-0.05, 0) is 30.9 Å². The summed E-state index contributed by atoms with van der Waals surface area (Å²) in [4.78, 5) is 4.14. The average Bonchev–Trinajstić information content (AvgIpc) is 2.46. The number of hydrogen-bond donors (Lipinski definition) is 1. The molecule has 0 fully saturated rings. The summed E-state index contributed by atoms with van der Waals surface area (Å²) in [6, 6.07) is 10.00. The third kappa shape index (κ3) is 2.79. The van der Waals surface area contributed by atoms with Crippen LogP contribution in [0.3, 0.4) is 0 Å². The first-order valence-corrected chi connectivity index (χ1v) is 7.21. The van der Waals surface area contributed by atoms with Crippen molar-refractivity contribution in [2.24, 2.45) is 5.10 Å². The summed E-state index contributed by atoms with van der Waals surface area (Å²) in [6.45, 7) is 0. The maximum atomic E-state index is 6.07. The van der Waals surface area contributed by atoms with E-state index in [0.29, 0.717) is 15.9 Å². The molecule has 1 aromatic carbocycles. The Bertz CT molecular complexity index is 668. The van der Waals surface area contributed by atoms with Crippen molar-refractivity contribution < 1.29 is 0 Å². The van der Waals surface area contributed by atoms with Gasteiger partial charge in [0.2, 0.25) is 0 Å². The van der Waals surface area contributed by atoms with E-state index in [4.69, 9.17) is 23.2 Å². The highest BCUT2D eigenvalue weighted by Gasteiger charge is 2.14. The molecule has 1 aliphatic rings. The molecule has 0 atom stereocenters. The number of aromatic nitrogens is 1. The van der Waals surface area contributed by atoms with Crippen LogP contribution < -0.4 is 5.43 Å². The van der Waals surface area contributed by atoms with Crippen LogP contribution in [0.2, 0.25) is 10.0 Å². The molecule has 0 unspecified atom stereocenters. The third-order valence-electron chi connectivity index (χ3n) is 3.29. The van der Waals surface area contributed by atoms with Gasteiger partial charge in [-0.15, -0.1) is 0 Å². The second-order valence-corrected chi connectivity index (χ2v) is 5.51. The largest absolute Gasteiger partial charge is 0.260 e. The number of hydrazone groups is 1. The second-order valence-electron chi connectivity index (χ2n) is 4.66. The zero-order valence-corrected chi connectivity index (χ0v) is 12.2. The Morgan fingerprint density at radius 2 is 2.00 bits per heavy atom. The number of rotatable bonds is 2. The summed E-state index contributed by atoms with van der Waals surface area (Å²) in [5, 5.41) is 5.44. The molecular weight excluding hydrogens is 293 g/mol. The minimum Gasteiger partial charge on any atom is -0.260 e. The van der Waals surface area contributed by atoms with E-state index in [1.807, 2.05) is 6.07 Å². The summed E-state index contributed by atoms with van der Waals surface area (Å²) in [5.74, 6) is 0.520. The normalized spacial score (nSPS) is 16.0. The fraction of sp³-hybridized carbons (Fsp3) is 0.200. The van der Waals surface area contributed by atoms with Crippen LogP contribution in [0, 0.1) is 0 Å². The van der Waals surface area contributed by atoms with Crippen molar-refractivity contribution in [1.82, 2.24) is 4.98 Å². The molecule has 0 bridgehead atoms. The number of nitrogens with zero attached hydrogens (tertiary/aromatic N) is 2. The Morgan fingerprint density at radius 3 is 2.85 bits per heavy atom. The first-order chi connectivity index (χ1) is 9.74. The molecule has 0 aliphatic heterocycles. The van der Waals surface area contributed by atoms with Gasteiger partial charge in [0, 0.05) is 11.8 Å². The van der Waals surface area contributed by atoms with E-state index in [1.54, 1.807) is 12.3 Å². The standard InChI is InChI=1S/C15H13Cl2N3/c16-11-8-13(17)15(18-9-11)20-19-14-7-3-5-10-4-1-2-6-12(10)14/h1-2,4,6,8-9H,3,5,7H2,(H,18,20)/b19-14-. The quantitative estimate of drug-likeness (QED) is 0.827. The van der Waals surface area contributed by atoms with Crippen molar-refractivity contribution in [2.45, 2.75) is 19.3 Å². The summed E-state index contributed by atoms with van der Waals surface area (Å²) in [5.41, 5.74) is 6.53. The van der Waals surface area contributed by atoms with Crippen LogP contribution in [-0.4, -0.2) is 10.7 Å². The van der Waals surface area contributed by atoms with Gasteiger partial charge in [-0.1, -0.05) is 47.5 Å². The Balaban J connectivity index is 1.87. The predicted octanol–water partition coefficient (Wildman–Crippen LogP) is 4.54. The average molecular weight is 306 g/mol. The summed E-state index contributed by atoms with van der Waals surface area (Å²) in [6.07, 6.45) is 4.72. The van der Waals surface area contributed by atoms with Crippen molar-refractivity contribution in [3.63, 3.8) is 0 Å². The highest BCUT2D eigenvalue weighted by atomic mass is 35.5. The van der Waals surface area contributed by atoms with E-state index in [1.165, 1.54) is 11.1 Å². The van der Waals surface area contributed by atoms with E-state index < -0.39 is 0 Å². The van der Waals surface area contributed by atoms with Crippen LogP contribution in [0.1, 0.15) is 24.0 Å². The van der Waals surface area contributed by atoms with Crippen molar-refractivity contribution >= 4 is 34.7 Å². The number of halogens is 2. The summed E-state index contributed by atoms with van der Waals surface area (Å²) >= 11 is 11.9. The summed E-state index contributed by atoms with van der Waals surface area (Å²) in [7, 11) is 0. The van der Waals surface area contributed by atoms with Gasteiger partial charge < -0.3 is 0 Å². The summed E-state index contributed by atoms with van der Waals surface area (Å²) < 4.78 is 0. The Morgan fingerprint density at radius 1 is 1.15 bits per heavy atom. The van der Waals surface area contributed by atoms with Gasteiger partial charge in [-0.25, -0.2) is 4.98 Å². The zero-order chi connectivity index (χ0) is 13.9. The highest BCUT2D eigenvalue weighted by molar-refractivity contribution is 6.35. The molecule has 1 aliphatic carbocycles. The van der Waals surface area contributed by atoms with Gasteiger partial charge >= 0.3 is 0 Å². The lowest BCUT2D eigenvalue weighted by molar-refractivity contribution is 0.837. The topological polar surface area (TPSA) is 37.3 Å². The smallest absolute Gasteiger partial charge is 0.165 e. The molecule has 0 spiro atoms. The number of anilines is 1. The maximum absolute atomic E-state index is 6.07.